The Kier molecular flexibility index (Phi) is 4.85. The molecule has 0 aliphatic heterocycles. The minimum atomic E-state index is -0.308. The average molecular weight is 319 g/mol. The van der Waals surface area contributed by atoms with Gasteiger partial charge in [0, 0.05) is 5.37 Å². The smallest absolute Gasteiger partial charge is 0.0922 e. The summed E-state index contributed by atoms with van der Waals surface area (Å²) in [5.41, 5.74) is 10.0. The van der Waals surface area contributed by atoms with Gasteiger partial charge in [0.2, 0.25) is 0 Å². The van der Waals surface area contributed by atoms with Crippen LogP contribution in [0.25, 0.3) is 0 Å². The fourth-order valence-electron chi connectivity index (χ4n) is 3.00. The molecular formula is C21H21NS. The maximum absolute atomic E-state index is 6.25. The number of benzene rings is 3. The zero-order valence-electron chi connectivity index (χ0n) is 13.2. The lowest BCUT2D eigenvalue weighted by molar-refractivity contribution is 0.876. The average Bonchev–Trinajstić information content (AvgIpc) is 2.62. The molecule has 1 nitrogen and oxygen atoms in total. The topological polar surface area (TPSA) is 26.0 Å². The van der Waals surface area contributed by atoms with Gasteiger partial charge in [0.25, 0.3) is 0 Å². The number of hydrogen-bond donors (Lipinski definition) is 1. The van der Waals surface area contributed by atoms with E-state index in [1.165, 1.54) is 16.7 Å². The van der Waals surface area contributed by atoms with Gasteiger partial charge in [-0.25, -0.2) is 0 Å². The van der Waals surface area contributed by atoms with Gasteiger partial charge in [0.05, 0.1) is 4.75 Å². The van der Waals surface area contributed by atoms with E-state index >= 15 is 0 Å². The summed E-state index contributed by atoms with van der Waals surface area (Å²) in [5, 5.41) is 0.00983. The Balaban J connectivity index is 2.30. The van der Waals surface area contributed by atoms with E-state index in [1.54, 1.807) is 11.8 Å². The third-order valence-electron chi connectivity index (χ3n) is 3.90. The number of thioether (sulfide) groups is 1. The Hall–Kier alpha value is -2.03. The van der Waals surface area contributed by atoms with Crippen LogP contribution in [0.2, 0.25) is 0 Å². The van der Waals surface area contributed by atoms with Crippen molar-refractivity contribution in [3.8, 4) is 0 Å². The first-order chi connectivity index (χ1) is 11.2. The van der Waals surface area contributed by atoms with Gasteiger partial charge < -0.3 is 5.73 Å². The summed E-state index contributed by atoms with van der Waals surface area (Å²) in [4.78, 5) is 0. The molecule has 2 N–H and O–H groups in total. The van der Waals surface area contributed by atoms with E-state index in [4.69, 9.17) is 5.73 Å². The standard InChI is InChI=1S/C21H21NS/c1-17(22)23-21(18-11-5-2-6-12-18,19-13-7-3-8-14-19)20-15-9-4-10-16-20/h2-17H,22H2,1H3. The zero-order chi connectivity index (χ0) is 16.1. The second-order valence-corrected chi connectivity index (χ2v) is 7.19. The monoisotopic (exact) mass is 319 g/mol. The van der Waals surface area contributed by atoms with Crippen molar-refractivity contribution in [1.82, 2.24) is 0 Å². The van der Waals surface area contributed by atoms with Crippen molar-refractivity contribution in [2.24, 2.45) is 5.73 Å². The summed E-state index contributed by atoms with van der Waals surface area (Å²) in [6, 6.07) is 31.9. The molecule has 23 heavy (non-hydrogen) atoms. The maximum Gasteiger partial charge on any atom is 0.0922 e. The van der Waals surface area contributed by atoms with E-state index in [1.807, 2.05) is 6.92 Å². The minimum Gasteiger partial charge on any atom is -0.320 e. The molecule has 3 aromatic carbocycles. The van der Waals surface area contributed by atoms with Crippen LogP contribution in [0.5, 0.6) is 0 Å². The fourth-order valence-corrected chi connectivity index (χ4v) is 4.38. The molecular weight excluding hydrogens is 298 g/mol. The third-order valence-corrected chi connectivity index (χ3v) is 5.34. The molecule has 0 aliphatic carbocycles. The Morgan fingerprint density at radius 1 is 0.652 bits per heavy atom. The summed E-state index contributed by atoms with van der Waals surface area (Å²) < 4.78 is -0.308. The molecule has 0 saturated heterocycles. The summed E-state index contributed by atoms with van der Waals surface area (Å²) >= 11 is 1.78. The molecule has 2 heteroatoms. The van der Waals surface area contributed by atoms with Crippen molar-refractivity contribution in [2.75, 3.05) is 0 Å². The van der Waals surface area contributed by atoms with Crippen LogP contribution in [0, 0.1) is 0 Å². The van der Waals surface area contributed by atoms with Crippen molar-refractivity contribution in [1.29, 1.82) is 0 Å². The molecule has 0 saturated carbocycles. The predicted octanol–water partition coefficient (Wildman–Crippen LogP) is 5.02. The van der Waals surface area contributed by atoms with Gasteiger partial charge in [0.15, 0.2) is 0 Å². The molecule has 1 unspecified atom stereocenters. The van der Waals surface area contributed by atoms with Gasteiger partial charge in [-0.05, 0) is 23.6 Å². The van der Waals surface area contributed by atoms with Crippen LogP contribution >= 0.6 is 11.8 Å². The molecule has 0 fully saturated rings. The van der Waals surface area contributed by atoms with Crippen LogP contribution in [0.4, 0.5) is 0 Å². The van der Waals surface area contributed by atoms with E-state index in [-0.39, 0.29) is 10.1 Å². The second-order valence-electron chi connectivity index (χ2n) is 5.60. The highest BCUT2D eigenvalue weighted by molar-refractivity contribution is 8.01. The molecule has 3 rings (SSSR count). The van der Waals surface area contributed by atoms with Crippen LogP contribution < -0.4 is 5.73 Å². The van der Waals surface area contributed by atoms with Crippen LogP contribution in [0.15, 0.2) is 91.0 Å². The van der Waals surface area contributed by atoms with Crippen LogP contribution in [-0.4, -0.2) is 5.37 Å². The highest BCUT2D eigenvalue weighted by atomic mass is 32.2. The summed E-state index contributed by atoms with van der Waals surface area (Å²) in [6.07, 6.45) is 0. The SMILES string of the molecule is CC(N)SC(c1ccccc1)(c1ccccc1)c1ccccc1. The minimum absolute atomic E-state index is 0.00983. The van der Waals surface area contributed by atoms with E-state index in [0.29, 0.717) is 0 Å². The van der Waals surface area contributed by atoms with Crippen LogP contribution in [0.3, 0.4) is 0 Å². The van der Waals surface area contributed by atoms with Gasteiger partial charge >= 0.3 is 0 Å². The van der Waals surface area contributed by atoms with Crippen molar-refractivity contribution in [3.63, 3.8) is 0 Å². The van der Waals surface area contributed by atoms with Crippen molar-refractivity contribution < 1.29 is 0 Å². The number of hydrogen-bond acceptors (Lipinski definition) is 2. The Labute approximate surface area is 142 Å². The first-order valence-electron chi connectivity index (χ1n) is 7.83. The Bertz CT molecular complexity index is 627. The number of rotatable bonds is 5. The normalized spacial score (nSPS) is 12.8. The fraction of sp³-hybridized carbons (Fsp3) is 0.143. The first kappa shape index (κ1) is 15.9. The van der Waals surface area contributed by atoms with E-state index in [0.717, 1.165) is 0 Å². The first-order valence-corrected chi connectivity index (χ1v) is 8.71. The van der Waals surface area contributed by atoms with Crippen molar-refractivity contribution in [3.05, 3.63) is 108 Å². The molecule has 0 bridgehead atoms. The molecule has 0 aromatic heterocycles. The highest BCUT2D eigenvalue weighted by Gasteiger charge is 2.37. The molecule has 0 spiro atoms. The predicted molar refractivity (Wildman–Crippen MR) is 100 cm³/mol. The highest BCUT2D eigenvalue weighted by Crippen LogP contribution is 2.49. The van der Waals surface area contributed by atoms with Crippen LogP contribution in [-0.2, 0) is 4.75 Å². The second kappa shape index (κ2) is 7.03. The summed E-state index contributed by atoms with van der Waals surface area (Å²) in [6.45, 7) is 2.05. The molecule has 1 atom stereocenters. The van der Waals surface area contributed by atoms with Gasteiger partial charge in [-0.1, -0.05) is 91.0 Å². The number of nitrogens with two attached hydrogens (primary N) is 1. The Morgan fingerprint density at radius 2 is 0.957 bits per heavy atom. The lowest BCUT2D eigenvalue weighted by Crippen LogP contribution is -2.30. The lowest BCUT2D eigenvalue weighted by Gasteiger charge is -2.36. The Morgan fingerprint density at radius 3 is 1.22 bits per heavy atom. The molecule has 116 valence electrons. The van der Waals surface area contributed by atoms with Gasteiger partial charge in [-0.15, -0.1) is 11.8 Å². The summed E-state index contributed by atoms with van der Waals surface area (Å²) in [5.74, 6) is 0. The van der Waals surface area contributed by atoms with E-state index in [2.05, 4.69) is 91.0 Å². The van der Waals surface area contributed by atoms with Crippen LogP contribution in [0.1, 0.15) is 23.6 Å². The quantitative estimate of drug-likeness (QED) is 0.528. The zero-order valence-corrected chi connectivity index (χ0v) is 14.0. The molecule has 0 heterocycles. The lowest BCUT2D eigenvalue weighted by atomic mass is 9.84. The van der Waals surface area contributed by atoms with Gasteiger partial charge in [0.1, 0.15) is 0 Å². The summed E-state index contributed by atoms with van der Waals surface area (Å²) in [7, 11) is 0. The molecule has 0 radical (unpaired) electrons. The van der Waals surface area contributed by atoms with Crippen molar-refractivity contribution >= 4 is 11.8 Å². The largest absolute Gasteiger partial charge is 0.320 e. The van der Waals surface area contributed by atoms with Gasteiger partial charge in [-0.2, -0.15) is 0 Å². The molecule has 3 aromatic rings. The van der Waals surface area contributed by atoms with Gasteiger partial charge in [-0.3, -0.25) is 0 Å². The van der Waals surface area contributed by atoms with E-state index in [9.17, 15) is 0 Å². The molecule has 0 aliphatic rings. The third kappa shape index (κ3) is 3.19. The molecule has 0 amide bonds. The van der Waals surface area contributed by atoms with Crippen molar-refractivity contribution in [2.45, 2.75) is 17.0 Å². The van der Waals surface area contributed by atoms with E-state index < -0.39 is 0 Å². The maximum atomic E-state index is 6.25.